The highest BCUT2D eigenvalue weighted by Crippen LogP contribution is 2.36. The lowest BCUT2D eigenvalue weighted by Crippen LogP contribution is -2.41. The molecule has 0 amide bonds. The molecule has 0 aromatic heterocycles. The van der Waals surface area contributed by atoms with Crippen LogP contribution in [0.5, 0.6) is 0 Å². The van der Waals surface area contributed by atoms with Gasteiger partial charge in [-0.3, -0.25) is 0 Å². The number of unbranched alkanes of at least 4 members (excludes halogenated alkanes) is 1. The Balaban J connectivity index is 4.42. The van der Waals surface area contributed by atoms with Gasteiger partial charge in [-0.25, -0.2) is 0 Å². The fourth-order valence-electron chi connectivity index (χ4n) is 3.48. The molecule has 0 spiro atoms. The van der Waals surface area contributed by atoms with E-state index in [9.17, 15) is 0 Å². The zero-order valence-corrected chi connectivity index (χ0v) is 26.2. The highest BCUT2D eigenvalue weighted by atomic mass is 28.4. The molecule has 0 N–H and O–H groups in total. The third-order valence-electron chi connectivity index (χ3n) is 7.08. The molecular weight excluding hydrogens is 440 g/mol. The van der Waals surface area contributed by atoms with Gasteiger partial charge in [0.25, 0.3) is 0 Å². The molecule has 1 nitrogen and oxygen atoms in total. The summed E-state index contributed by atoms with van der Waals surface area (Å²) in [5.41, 5.74) is 7.33. The maximum atomic E-state index is 6.42. The Morgan fingerprint density at radius 1 is 0.686 bits per heavy atom. The first kappa shape index (κ1) is 33.6. The third kappa shape index (κ3) is 17.7. The van der Waals surface area contributed by atoms with Crippen LogP contribution in [-0.4, -0.2) is 14.9 Å². The molecule has 0 fully saturated rings. The van der Waals surface area contributed by atoms with Crippen LogP contribution >= 0.6 is 0 Å². The largest absolute Gasteiger partial charge is 0.413 e. The van der Waals surface area contributed by atoms with E-state index in [0.29, 0.717) is 0 Å². The smallest absolute Gasteiger partial charge is 0.192 e. The van der Waals surface area contributed by atoms with Gasteiger partial charge in [0.05, 0.1) is 6.61 Å². The SMILES string of the molecule is C=CC/C(=C/CC/C=C(\C)CC/C=C(\C)CC/C=C(\C)CCC=C(C)C)CO[Si](C)(C)C(C)(C)C. The Bertz CT molecular complexity index is 761. The Morgan fingerprint density at radius 2 is 1.11 bits per heavy atom. The minimum Gasteiger partial charge on any atom is -0.413 e. The summed E-state index contributed by atoms with van der Waals surface area (Å²) in [6.45, 7) is 27.4. The summed E-state index contributed by atoms with van der Waals surface area (Å²) < 4.78 is 6.42. The van der Waals surface area contributed by atoms with E-state index in [1.807, 2.05) is 6.08 Å². The number of hydrogen-bond donors (Lipinski definition) is 0. The predicted octanol–water partition coefficient (Wildman–Crippen LogP) is 11.4. The van der Waals surface area contributed by atoms with Gasteiger partial charge < -0.3 is 4.43 Å². The van der Waals surface area contributed by atoms with Crippen molar-refractivity contribution in [2.75, 3.05) is 6.61 Å². The summed E-state index contributed by atoms with van der Waals surface area (Å²) in [6.07, 6.45) is 24.1. The predicted molar refractivity (Wildman–Crippen MR) is 164 cm³/mol. The molecule has 35 heavy (non-hydrogen) atoms. The Labute approximate surface area is 221 Å². The van der Waals surface area contributed by atoms with Gasteiger partial charge in [0.15, 0.2) is 8.32 Å². The zero-order chi connectivity index (χ0) is 26.9. The molecule has 0 aliphatic carbocycles. The molecule has 0 heterocycles. The van der Waals surface area contributed by atoms with E-state index >= 15 is 0 Å². The topological polar surface area (TPSA) is 9.23 Å². The molecule has 0 aliphatic heterocycles. The third-order valence-corrected chi connectivity index (χ3v) is 11.6. The molecule has 0 saturated carbocycles. The molecular formula is C33H58OSi. The lowest BCUT2D eigenvalue weighted by atomic mass is 10.0. The molecule has 0 aromatic carbocycles. The molecule has 200 valence electrons. The van der Waals surface area contributed by atoms with Gasteiger partial charge in [0.2, 0.25) is 0 Å². The standard InChI is InChI=1S/C33H58OSi/c1-12-18-32(27-34-35(10,11)33(7,8)9)26-14-13-20-29(4)22-16-24-31(6)25-17-23-30(5)21-15-19-28(2)3/h12,19-20,23-24,26H,1,13-18,21-22,25,27H2,2-11H3/b29-20+,30-23+,31-24+,32-26-. The molecule has 2 heteroatoms. The quantitative estimate of drug-likeness (QED) is 0.110. The van der Waals surface area contributed by atoms with Crippen LogP contribution in [0, 0.1) is 0 Å². The van der Waals surface area contributed by atoms with Crippen molar-refractivity contribution in [2.24, 2.45) is 0 Å². The average Bonchev–Trinajstić information content (AvgIpc) is 2.73. The first-order chi connectivity index (χ1) is 16.3. The van der Waals surface area contributed by atoms with Crippen LogP contribution in [0.2, 0.25) is 18.1 Å². The van der Waals surface area contributed by atoms with Gasteiger partial charge in [0, 0.05) is 0 Å². The van der Waals surface area contributed by atoms with Crippen molar-refractivity contribution in [3.8, 4) is 0 Å². The van der Waals surface area contributed by atoms with Crippen LogP contribution in [0.25, 0.3) is 0 Å². The summed E-state index contributed by atoms with van der Waals surface area (Å²) >= 11 is 0. The zero-order valence-electron chi connectivity index (χ0n) is 25.2. The molecule has 0 rings (SSSR count). The Morgan fingerprint density at radius 3 is 1.54 bits per heavy atom. The van der Waals surface area contributed by atoms with Crippen molar-refractivity contribution in [1.82, 2.24) is 0 Å². The van der Waals surface area contributed by atoms with Gasteiger partial charge >= 0.3 is 0 Å². The van der Waals surface area contributed by atoms with Crippen molar-refractivity contribution in [1.29, 1.82) is 0 Å². The van der Waals surface area contributed by atoms with Crippen molar-refractivity contribution >= 4 is 8.32 Å². The van der Waals surface area contributed by atoms with Crippen LogP contribution < -0.4 is 0 Å². The van der Waals surface area contributed by atoms with Crippen LogP contribution in [0.4, 0.5) is 0 Å². The minimum absolute atomic E-state index is 0.250. The first-order valence-corrected chi connectivity index (χ1v) is 16.7. The Kier molecular flexibility index (Phi) is 17.2. The van der Waals surface area contributed by atoms with E-state index in [4.69, 9.17) is 4.43 Å². The second kappa shape index (κ2) is 18.0. The van der Waals surface area contributed by atoms with Gasteiger partial charge in [0.1, 0.15) is 0 Å². The normalized spacial score (nSPS) is 14.3. The van der Waals surface area contributed by atoms with Crippen molar-refractivity contribution in [3.63, 3.8) is 0 Å². The first-order valence-electron chi connectivity index (χ1n) is 13.8. The van der Waals surface area contributed by atoms with Gasteiger partial charge in [-0.15, -0.1) is 6.58 Å². The highest BCUT2D eigenvalue weighted by molar-refractivity contribution is 6.74. The minimum atomic E-state index is -1.71. The molecule has 0 unspecified atom stereocenters. The maximum Gasteiger partial charge on any atom is 0.192 e. The van der Waals surface area contributed by atoms with Crippen molar-refractivity contribution in [3.05, 3.63) is 70.9 Å². The van der Waals surface area contributed by atoms with Crippen LogP contribution in [0.3, 0.4) is 0 Å². The van der Waals surface area contributed by atoms with E-state index in [1.54, 1.807) is 0 Å². The van der Waals surface area contributed by atoms with E-state index < -0.39 is 8.32 Å². The van der Waals surface area contributed by atoms with Crippen molar-refractivity contribution < 1.29 is 4.43 Å². The average molecular weight is 499 g/mol. The van der Waals surface area contributed by atoms with Crippen molar-refractivity contribution in [2.45, 2.75) is 131 Å². The molecule has 0 aliphatic rings. The monoisotopic (exact) mass is 498 g/mol. The molecule has 0 saturated heterocycles. The van der Waals surface area contributed by atoms with Gasteiger partial charge in [-0.2, -0.15) is 0 Å². The number of rotatable bonds is 17. The van der Waals surface area contributed by atoms with Crippen LogP contribution in [0.1, 0.15) is 113 Å². The maximum absolute atomic E-state index is 6.42. The summed E-state index contributed by atoms with van der Waals surface area (Å²) in [5, 5.41) is 0.250. The molecule has 0 radical (unpaired) electrons. The summed E-state index contributed by atoms with van der Waals surface area (Å²) in [6, 6.07) is 0. The summed E-state index contributed by atoms with van der Waals surface area (Å²) in [7, 11) is -1.71. The summed E-state index contributed by atoms with van der Waals surface area (Å²) in [5.74, 6) is 0. The van der Waals surface area contributed by atoms with Crippen LogP contribution in [0.15, 0.2) is 70.9 Å². The molecule has 0 bridgehead atoms. The molecule has 0 atom stereocenters. The number of hydrogen-bond acceptors (Lipinski definition) is 1. The van der Waals surface area contributed by atoms with E-state index in [2.05, 4.69) is 105 Å². The van der Waals surface area contributed by atoms with Crippen LogP contribution in [-0.2, 0) is 4.43 Å². The lowest BCUT2D eigenvalue weighted by Gasteiger charge is -2.36. The second-order valence-electron chi connectivity index (χ2n) is 12.0. The number of allylic oxidation sites excluding steroid dienone is 10. The Hall–Kier alpha value is -1.38. The van der Waals surface area contributed by atoms with Gasteiger partial charge in [-0.05, 0) is 116 Å². The van der Waals surface area contributed by atoms with Gasteiger partial charge in [-0.1, -0.05) is 79.5 Å². The molecule has 0 aromatic rings. The van der Waals surface area contributed by atoms with E-state index in [-0.39, 0.29) is 5.04 Å². The highest BCUT2D eigenvalue weighted by Gasteiger charge is 2.37. The van der Waals surface area contributed by atoms with E-state index in [1.165, 1.54) is 47.1 Å². The van der Waals surface area contributed by atoms with E-state index in [0.717, 1.165) is 45.1 Å². The second-order valence-corrected chi connectivity index (χ2v) is 16.8. The fourth-order valence-corrected chi connectivity index (χ4v) is 4.46. The summed E-state index contributed by atoms with van der Waals surface area (Å²) in [4.78, 5) is 0. The fraction of sp³-hybridized carbons (Fsp3) is 0.636. The lowest BCUT2D eigenvalue weighted by molar-refractivity contribution is 0.316.